The van der Waals surface area contributed by atoms with Gasteiger partial charge in [0.2, 0.25) is 5.82 Å². The number of nitrogens with zero attached hydrogens (tertiary/aromatic N) is 7. The molecule has 3 rings (SSSR count). The summed E-state index contributed by atoms with van der Waals surface area (Å²) in [5.74, 6) is 5.04. The van der Waals surface area contributed by atoms with Gasteiger partial charge in [0.15, 0.2) is 17.2 Å². The molecule has 11 nitrogen and oxygen atoms in total. The van der Waals surface area contributed by atoms with Crippen molar-refractivity contribution in [3.63, 3.8) is 0 Å². The zero-order chi connectivity index (χ0) is 20.4. The van der Waals surface area contributed by atoms with Crippen LogP contribution >= 0.6 is 0 Å². The van der Waals surface area contributed by atoms with Crippen LogP contribution in [0.1, 0.15) is 27.4 Å². The first-order valence-electron chi connectivity index (χ1n) is 8.28. The van der Waals surface area contributed by atoms with Gasteiger partial charge in [-0.3, -0.25) is 19.9 Å². The number of aryl methyl sites for hydroxylation is 3. The van der Waals surface area contributed by atoms with Gasteiger partial charge in [0.25, 0.3) is 0 Å². The van der Waals surface area contributed by atoms with Crippen molar-refractivity contribution in [1.29, 1.82) is 5.41 Å². The third kappa shape index (κ3) is 3.71. The molecule has 2 heterocycles. The van der Waals surface area contributed by atoms with Crippen molar-refractivity contribution in [3.8, 4) is 0 Å². The first-order valence-corrected chi connectivity index (χ1v) is 8.28. The maximum absolute atomic E-state index is 12.1. The quantitative estimate of drug-likeness (QED) is 0.165. The predicted molar refractivity (Wildman–Crippen MR) is 104 cm³/mol. The van der Waals surface area contributed by atoms with Crippen LogP contribution < -0.4 is 16.3 Å². The number of amides is 1. The Morgan fingerprint density at radius 2 is 2.07 bits per heavy atom. The third-order valence-electron chi connectivity index (χ3n) is 4.27. The Balaban J connectivity index is 1.81. The van der Waals surface area contributed by atoms with Gasteiger partial charge in [0.05, 0.1) is 5.69 Å². The Morgan fingerprint density at radius 1 is 1.32 bits per heavy atom. The fraction of sp³-hybridized carbons (Fsp3) is 0.188. The number of carbonyl (C=O) groups is 1. The highest BCUT2D eigenvalue weighted by Gasteiger charge is 2.21. The van der Waals surface area contributed by atoms with E-state index in [2.05, 4.69) is 30.3 Å². The summed E-state index contributed by atoms with van der Waals surface area (Å²) in [5.41, 5.74) is 3.61. The van der Waals surface area contributed by atoms with E-state index < -0.39 is 5.91 Å². The molecule has 2 aromatic heterocycles. The molecule has 1 aromatic carbocycles. The van der Waals surface area contributed by atoms with Crippen LogP contribution in [0, 0.1) is 19.3 Å². The number of nitrogens with one attached hydrogen (secondary N) is 1. The van der Waals surface area contributed by atoms with Crippen molar-refractivity contribution in [2.24, 2.45) is 23.1 Å². The molecule has 0 fully saturated rings. The first-order chi connectivity index (χ1) is 13.3. The van der Waals surface area contributed by atoms with Crippen molar-refractivity contribution in [3.05, 3.63) is 46.9 Å². The van der Waals surface area contributed by atoms with E-state index >= 15 is 0 Å². The second kappa shape index (κ2) is 7.52. The van der Waals surface area contributed by atoms with E-state index in [9.17, 15) is 4.79 Å². The van der Waals surface area contributed by atoms with Crippen LogP contribution in [0.4, 0.5) is 11.5 Å². The SMILES string of the molecule is Bc1cc(N(N)C(=N)c2nonc2N=NC(=O)c2cc(C)n(C)n2)ccc1C. The van der Waals surface area contributed by atoms with Crippen LogP contribution in [0.25, 0.3) is 0 Å². The summed E-state index contributed by atoms with van der Waals surface area (Å²) < 4.78 is 6.20. The fourth-order valence-corrected chi connectivity index (χ4v) is 2.33. The number of amidine groups is 1. The molecule has 3 N–H and O–H groups in total. The van der Waals surface area contributed by atoms with Crippen LogP contribution in [0.15, 0.2) is 39.1 Å². The lowest BCUT2D eigenvalue weighted by atomic mass is 9.91. The van der Waals surface area contributed by atoms with E-state index in [1.807, 2.05) is 33.8 Å². The summed E-state index contributed by atoms with van der Waals surface area (Å²) in [6.07, 6.45) is 0. The van der Waals surface area contributed by atoms with Gasteiger partial charge < -0.3 is 0 Å². The van der Waals surface area contributed by atoms with Crippen molar-refractivity contribution in [2.45, 2.75) is 13.8 Å². The molecule has 0 unspecified atom stereocenters. The fourth-order valence-electron chi connectivity index (χ4n) is 2.33. The summed E-state index contributed by atoms with van der Waals surface area (Å²) >= 11 is 0. The first kappa shape index (κ1) is 19.1. The van der Waals surface area contributed by atoms with Crippen LogP contribution in [0.2, 0.25) is 0 Å². The standard InChI is InChI=1S/C16H18BN9O2/c1-8-4-5-10(7-11(8)17)26(19)14(18)13-15(24-28-23-13)20-21-16(27)12-6-9(2)25(3)22-12/h4-7,18H,17,19H2,1-3H3. The number of hydrazine groups is 1. The molecule has 0 radical (unpaired) electrons. The number of aromatic nitrogens is 4. The van der Waals surface area contributed by atoms with Crippen molar-refractivity contribution >= 4 is 36.6 Å². The minimum atomic E-state index is -0.650. The molecule has 0 aliphatic heterocycles. The second-order valence-electron chi connectivity index (χ2n) is 6.22. The number of hydrogen-bond donors (Lipinski definition) is 2. The van der Waals surface area contributed by atoms with E-state index in [0.717, 1.165) is 21.7 Å². The predicted octanol–water partition coefficient (Wildman–Crippen LogP) is 0.308. The lowest BCUT2D eigenvalue weighted by molar-refractivity contribution is 0.0989. The summed E-state index contributed by atoms with van der Waals surface area (Å²) in [6.45, 7) is 3.79. The molecule has 0 saturated heterocycles. The highest BCUT2D eigenvalue weighted by atomic mass is 16.6. The van der Waals surface area contributed by atoms with E-state index in [1.54, 1.807) is 23.9 Å². The largest absolute Gasteiger partial charge is 0.315 e. The second-order valence-corrected chi connectivity index (χ2v) is 6.22. The van der Waals surface area contributed by atoms with Crippen LogP contribution in [-0.2, 0) is 7.05 Å². The Bertz CT molecular complexity index is 1070. The summed E-state index contributed by atoms with van der Waals surface area (Å²) in [7, 11) is 3.66. The molecule has 142 valence electrons. The molecule has 1 amide bonds. The van der Waals surface area contributed by atoms with Crippen molar-refractivity contribution < 1.29 is 9.42 Å². The van der Waals surface area contributed by atoms with E-state index in [0.29, 0.717) is 5.69 Å². The molecule has 0 saturated carbocycles. The Hall–Kier alpha value is -3.67. The molecule has 0 spiro atoms. The lowest BCUT2D eigenvalue weighted by Gasteiger charge is -2.18. The number of hydrogen-bond acceptors (Lipinski definition) is 8. The average Bonchev–Trinajstić information content (AvgIpc) is 3.27. The molecular weight excluding hydrogens is 361 g/mol. The van der Waals surface area contributed by atoms with E-state index in [1.165, 1.54) is 0 Å². The molecule has 0 aliphatic rings. The summed E-state index contributed by atoms with van der Waals surface area (Å²) in [6, 6.07) is 7.10. The van der Waals surface area contributed by atoms with Gasteiger partial charge in [0.1, 0.15) is 7.85 Å². The molecule has 0 bridgehead atoms. The van der Waals surface area contributed by atoms with E-state index in [-0.39, 0.29) is 23.0 Å². The molecule has 0 aliphatic carbocycles. The minimum absolute atomic E-state index is 0.0468. The van der Waals surface area contributed by atoms with Gasteiger partial charge in [-0.25, -0.2) is 10.5 Å². The van der Waals surface area contributed by atoms with Crippen LogP contribution in [0.5, 0.6) is 0 Å². The van der Waals surface area contributed by atoms with Gasteiger partial charge in [-0.05, 0) is 42.4 Å². The maximum Gasteiger partial charge on any atom is 0.315 e. The Labute approximate surface area is 161 Å². The average molecular weight is 379 g/mol. The van der Waals surface area contributed by atoms with E-state index in [4.69, 9.17) is 11.3 Å². The number of nitrogens with two attached hydrogens (primary N) is 1. The highest BCUT2D eigenvalue weighted by Crippen LogP contribution is 2.19. The molecule has 0 atom stereocenters. The normalized spacial score (nSPS) is 11.1. The van der Waals surface area contributed by atoms with Gasteiger partial charge in [0, 0.05) is 12.7 Å². The molecule has 3 aromatic rings. The maximum atomic E-state index is 12.1. The molecule has 12 heteroatoms. The molecule has 28 heavy (non-hydrogen) atoms. The number of azo groups is 1. The smallest absolute Gasteiger partial charge is 0.281 e. The van der Waals surface area contributed by atoms with Gasteiger partial charge in [-0.2, -0.15) is 5.10 Å². The monoisotopic (exact) mass is 379 g/mol. The van der Waals surface area contributed by atoms with Crippen LogP contribution in [0.3, 0.4) is 0 Å². The third-order valence-corrected chi connectivity index (χ3v) is 4.27. The van der Waals surface area contributed by atoms with Gasteiger partial charge in [-0.15, -0.1) is 10.2 Å². The number of rotatable bonds is 4. The number of benzene rings is 1. The zero-order valence-corrected chi connectivity index (χ0v) is 15.8. The molecular formula is C16H18BN9O2. The summed E-state index contributed by atoms with van der Waals surface area (Å²) in [5, 5.41) is 28.0. The topological polar surface area (TPSA) is 152 Å². The van der Waals surface area contributed by atoms with Gasteiger partial charge in [-0.1, -0.05) is 17.1 Å². The lowest BCUT2D eigenvalue weighted by Crippen LogP contribution is -2.38. The van der Waals surface area contributed by atoms with Gasteiger partial charge >= 0.3 is 5.91 Å². The highest BCUT2D eigenvalue weighted by molar-refractivity contribution is 6.33. The summed E-state index contributed by atoms with van der Waals surface area (Å²) in [4.78, 5) is 12.1. The van der Waals surface area contributed by atoms with Crippen LogP contribution in [-0.4, -0.2) is 39.7 Å². The number of anilines is 1. The zero-order valence-electron chi connectivity index (χ0n) is 15.8. The van der Waals surface area contributed by atoms with Crippen molar-refractivity contribution in [2.75, 3.05) is 5.01 Å². The minimum Gasteiger partial charge on any atom is -0.281 e. The van der Waals surface area contributed by atoms with Crippen molar-refractivity contribution in [1.82, 2.24) is 20.1 Å². The Kier molecular flexibility index (Phi) is 5.13. The number of carbonyl (C=O) groups excluding carboxylic acids is 1. The Morgan fingerprint density at radius 3 is 2.71 bits per heavy atom.